The molecule has 1 rings (SSSR count). The number of halogens is 4. The summed E-state index contributed by atoms with van der Waals surface area (Å²) in [6, 6.07) is 1.39. The second kappa shape index (κ2) is 8.04. The highest BCUT2D eigenvalue weighted by atomic mass is 79.9. The van der Waals surface area contributed by atoms with Crippen LogP contribution >= 0.6 is 31.9 Å². The van der Waals surface area contributed by atoms with Crippen LogP contribution in [0.3, 0.4) is 0 Å². The molecule has 0 fully saturated rings. The highest BCUT2D eigenvalue weighted by molar-refractivity contribution is 9.11. The number of rotatable bonds is 7. The normalized spacial score (nSPS) is 10.7. The van der Waals surface area contributed by atoms with Crippen LogP contribution in [0.4, 0.5) is 8.78 Å². The molecule has 3 nitrogen and oxygen atoms in total. The fraction of sp³-hybridized carbons (Fsp3) is 0.455. The van der Waals surface area contributed by atoms with Crippen LogP contribution in [0.1, 0.15) is 0 Å². The number of methoxy groups -OCH3 is 1. The molecule has 0 aromatic heterocycles. The van der Waals surface area contributed by atoms with Gasteiger partial charge in [-0.2, -0.15) is 4.39 Å². The molecule has 0 unspecified atom stereocenters. The highest BCUT2D eigenvalue weighted by Crippen LogP contribution is 2.34. The lowest BCUT2D eigenvalue weighted by Crippen LogP contribution is -2.11. The third-order valence-electron chi connectivity index (χ3n) is 1.98. The fourth-order valence-corrected chi connectivity index (χ4v) is 2.36. The van der Waals surface area contributed by atoms with E-state index in [1.54, 1.807) is 7.11 Å². The average molecular weight is 390 g/mol. The van der Waals surface area contributed by atoms with E-state index in [1.807, 2.05) is 0 Å². The summed E-state index contributed by atoms with van der Waals surface area (Å²) in [7, 11) is 1.57. The van der Waals surface area contributed by atoms with Gasteiger partial charge in [-0.1, -0.05) is 0 Å². The molecule has 0 aliphatic heterocycles. The summed E-state index contributed by atoms with van der Waals surface area (Å²) in [5.41, 5.74) is 0. The molecule has 7 heteroatoms. The smallest absolute Gasteiger partial charge is 0.202 e. The van der Waals surface area contributed by atoms with Crippen LogP contribution < -0.4 is 4.74 Å². The Bertz CT molecular complexity index is 402. The predicted molar refractivity (Wildman–Crippen MR) is 69.9 cm³/mol. The van der Waals surface area contributed by atoms with Crippen molar-refractivity contribution in [3.8, 4) is 5.75 Å². The van der Waals surface area contributed by atoms with Gasteiger partial charge in [-0.15, -0.1) is 0 Å². The third kappa shape index (κ3) is 4.46. The predicted octanol–water partition coefficient (Wildman–Crippen LogP) is 3.53. The summed E-state index contributed by atoms with van der Waals surface area (Å²) >= 11 is 6.01. The van der Waals surface area contributed by atoms with Gasteiger partial charge in [0.1, 0.15) is 6.61 Å². The molecule has 0 bridgehead atoms. The molecule has 0 amide bonds. The minimum Gasteiger partial charge on any atom is -0.487 e. The third-order valence-corrected chi connectivity index (χ3v) is 3.14. The summed E-state index contributed by atoms with van der Waals surface area (Å²) in [5.74, 6) is -2.17. The number of hydrogen-bond acceptors (Lipinski definition) is 3. The molecule has 0 spiro atoms. The minimum atomic E-state index is -1.03. The van der Waals surface area contributed by atoms with Crippen molar-refractivity contribution in [2.75, 3.05) is 33.5 Å². The Hall–Kier alpha value is -0.240. The summed E-state index contributed by atoms with van der Waals surface area (Å²) in [6.45, 7) is 1.30. The first-order valence-electron chi connectivity index (χ1n) is 5.10. The van der Waals surface area contributed by atoms with Crippen molar-refractivity contribution in [3.63, 3.8) is 0 Å². The van der Waals surface area contributed by atoms with Crippen LogP contribution in [0.25, 0.3) is 0 Å². The standard InChI is InChI=1S/C11H12Br2F2O3/c1-16-2-3-17-4-5-18-11-8(13)6-7(12)9(14)10(11)15/h6H,2-5H2,1H3. The van der Waals surface area contributed by atoms with E-state index < -0.39 is 11.6 Å². The maximum atomic E-state index is 13.5. The van der Waals surface area contributed by atoms with Gasteiger partial charge in [0, 0.05) is 7.11 Å². The lowest BCUT2D eigenvalue weighted by molar-refractivity contribution is 0.0535. The van der Waals surface area contributed by atoms with Crippen LogP contribution in [-0.2, 0) is 9.47 Å². The van der Waals surface area contributed by atoms with Gasteiger partial charge in [-0.25, -0.2) is 4.39 Å². The topological polar surface area (TPSA) is 27.7 Å². The van der Waals surface area contributed by atoms with Crippen LogP contribution in [-0.4, -0.2) is 33.5 Å². The van der Waals surface area contributed by atoms with Crippen molar-refractivity contribution < 1.29 is 23.0 Å². The van der Waals surface area contributed by atoms with Crippen LogP contribution in [0.15, 0.2) is 15.0 Å². The maximum Gasteiger partial charge on any atom is 0.202 e. The van der Waals surface area contributed by atoms with Gasteiger partial charge in [0.25, 0.3) is 0 Å². The molecule has 1 aromatic rings. The van der Waals surface area contributed by atoms with Gasteiger partial charge in [0.2, 0.25) is 5.82 Å². The molecule has 102 valence electrons. The molecular weight excluding hydrogens is 378 g/mol. The van der Waals surface area contributed by atoms with Gasteiger partial charge in [-0.3, -0.25) is 0 Å². The van der Waals surface area contributed by atoms with Crippen LogP contribution in [0.5, 0.6) is 5.75 Å². The zero-order valence-electron chi connectivity index (χ0n) is 9.64. The SMILES string of the molecule is COCCOCCOc1c(Br)cc(Br)c(F)c1F. The van der Waals surface area contributed by atoms with Crippen molar-refractivity contribution >= 4 is 31.9 Å². The van der Waals surface area contributed by atoms with Gasteiger partial charge >= 0.3 is 0 Å². The van der Waals surface area contributed by atoms with Crippen molar-refractivity contribution in [2.45, 2.75) is 0 Å². The lowest BCUT2D eigenvalue weighted by atomic mass is 10.3. The molecule has 0 atom stereocenters. The second-order valence-corrected chi connectivity index (χ2v) is 4.96. The molecule has 1 aromatic carbocycles. The Morgan fingerprint density at radius 3 is 2.33 bits per heavy atom. The quantitative estimate of drug-likeness (QED) is 0.405. The Balaban J connectivity index is 2.50. The van der Waals surface area contributed by atoms with Crippen LogP contribution in [0, 0.1) is 11.6 Å². The summed E-state index contributed by atoms with van der Waals surface area (Å²) in [6.07, 6.45) is 0. The zero-order valence-corrected chi connectivity index (χ0v) is 12.8. The van der Waals surface area contributed by atoms with Crippen molar-refractivity contribution in [1.29, 1.82) is 0 Å². The number of ether oxygens (including phenoxy) is 3. The molecule has 0 saturated heterocycles. The first kappa shape index (κ1) is 15.8. The lowest BCUT2D eigenvalue weighted by Gasteiger charge is -2.11. The zero-order chi connectivity index (χ0) is 13.5. The fourth-order valence-electron chi connectivity index (χ4n) is 1.13. The van der Waals surface area contributed by atoms with Gasteiger partial charge in [0.05, 0.1) is 28.8 Å². The summed E-state index contributed by atoms with van der Waals surface area (Å²) in [4.78, 5) is 0. The van der Waals surface area contributed by atoms with Crippen molar-refractivity contribution in [1.82, 2.24) is 0 Å². The average Bonchev–Trinajstić information content (AvgIpc) is 2.34. The molecule has 0 heterocycles. The van der Waals surface area contributed by atoms with Crippen molar-refractivity contribution in [3.05, 3.63) is 26.6 Å². The van der Waals surface area contributed by atoms with E-state index in [0.29, 0.717) is 17.7 Å². The second-order valence-electron chi connectivity index (χ2n) is 3.25. The Labute approximate surface area is 121 Å². The Kier molecular flexibility index (Phi) is 7.06. The van der Waals surface area contributed by atoms with E-state index >= 15 is 0 Å². The van der Waals surface area contributed by atoms with E-state index in [-0.39, 0.29) is 23.4 Å². The number of hydrogen-bond donors (Lipinski definition) is 0. The molecule has 18 heavy (non-hydrogen) atoms. The number of benzene rings is 1. The van der Waals surface area contributed by atoms with E-state index in [4.69, 9.17) is 14.2 Å². The van der Waals surface area contributed by atoms with Gasteiger partial charge < -0.3 is 14.2 Å². The molecule has 0 N–H and O–H groups in total. The van der Waals surface area contributed by atoms with E-state index in [0.717, 1.165) is 0 Å². The van der Waals surface area contributed by atoms with E-state index in [2.05, 4.69) is 31.9 Å². The summed E-state index contributed by atoms with van der Waals surface area (Å²) in [5, 5.41) is 0. The van der Waals surface area contributed by atoms with Crippen molar-refractivity contribution in [2.24, 2.45) is 0 Å². The molecule has 0 aliphatic carbocycles. The molecule has 0 radical (unpaired) electrons. The molecule has 0 saturated carbocycles. The molecule has 0 aliphatic rings. The Morgan fingerprint density at radius 2 is 1.67 bits per heavy atom. The molecular formula is C11H12Br2F2O3. The largest absolute Gasteiger partial charge is 0.487 e. The van der Waals surface area contributed by atoms with Gasteiger partial charge in [-0.05, 0) is 37.9 Å². The first-order chi connectivity index (χ1) is 8.57. The van der Waals surface area contributed by atoms with E-state index in [9.17, 15) is 8.78 Å². The van der Waals surface area contributed by atoms with E-state index in [1.165, 1.54) is 6.07 Å². The monoisotopic (exact) mass is 388 g/mol. The Morgan fingerprint density at radius 1 is 1.00 bits per heavy atom. The minimum absolute atomic E-state index is 0.0376. The first-order valence-corrected chi connectivity index (χ1v) is 6.69. The maximum absolute atomic E-state index is 13.5. The highest BCUT2D eigenvalue weighted by Gasteiger charge is 2.17. The van der Waals surface area contributed by atoms with Gasteiger partial charge in [0.15, 0.2) is 11.6 Å². The van der Waals surface area contributed by atoms with Crippen LogP contribution in [0.2, 0.25) is 0 Å². The summed E-state index contributed by atoms with van der Waals surface area (Å²) < 4.78 is 42.2.